The molecule has 4 aliphatic rings. The average Bonchev–Trinajstić information content (AvgIpc) is 2.99. The molecule has 0 unspecified atom stereocenters. The van der Waals surface area contributed by atoms with Crippen molar-refractivity contribution in [3.8, 4) is 11.3 Å². The van der Waals surface area contributed by atoms with Crippen LogP contribution < -0.4 is 10.6 Å². The Labute approximate surface area is 153 Å². The highest BCUT2D eigenvalue weighted by molar-refractivity contribution is 5.94. The van der Waals surface area contributed by atoms with E-state index in [1.54, 1.807) is 0 Å². The number of carbonyl (C=O) groups excluding carboxylic acids is 1. The summed E-state index contributed by atoms with van der Waals surface area (Å²) in [5, 5.41) is 10.3. The number of anilines is 1. The molecule has 4 saturated carbocycles. The van der Waals surface area contributed by atoms with Gasteiger partial charge in [-0.25, -0.2) is 4.79 Å². The van der Waals surface area contributed by atoms with Gasteiger partial charge < -0.3 is 15.2 Å². The number of hydrogen-bond acceptors (Lipinski definition) is 3. The van der Waals surface area contributed by atoms with E-state index in [1.165, 1.54) is 32.1 Å². The number of aromatic nitrogens is 1. The first kappa shape index (κ1) is 15.9. The Kier molecular flexibility index (Phi) is 3.76. The largest absolute Gasteiger partial charge is 0.354 e. The number of benzene rings is 1. The van der Waals surface area contributed by atoms with Crippen molar-refractivity contribution in [2.75, 3.05) is 5.32 Å². The topological polar surface area (TPSA) is 67.2 Å². The molecule has 5 heteroatoms. The molecule has 2 N–H and O–H groups in total. The Morgan fingerprint density at radius 2 is 1.69 bits per heavy atom. The van der Waals surface area contributed by atoms with Crippen LogP contribution in [-0.4, -0.2) is 17.2 Å². The van der Waals surface area contributed by atoms with Crippen LogP contribution in [0, 0.1) is 30.6 Å². The predicted molar refractivity (Wildman–Crippen MR) is 99.7 cm³/mol. The van der Waals surface area contributed by atoms with Crippen molar-refractivity contribution >= 4 is 11.7 Å². The van der Waals surface area contributed by atoms with Crippen LogP contribution in [0.15, 0.2) is 34.9 Å². The van der Waals surface area contributed by atoms with Gasteiger partial charge in [0.15, 0.2) is 5.76 Å². The van der Waals surface area contributed by atoms with Crippen LogP contribution in [0.25, 0.3) is 11.3 Å². The number of hydrogen-bond donors (Lipinski definition) is 2. The van der Waals surface area contributed by atoms with Crippen molar-refractivity contribution in [3.63, 3.8) is 0 Å². The molecule has 0 aliphatic heterocycles. The first-order chi connectivity index (χ1) is 12.7. The summed E-state index contributed by atoms with van der Waals surface area (Å²) in [7, 11) is 0. The second kappa shape index (κ2) is 6.15. The highest BCUT2D eigenvalue weighted by Gasteiger charge is 2.48. The number of carbonyl (C=O) groups is 1. The highest BCUT2D eigenvalue weighted by atomic mass is 16.5. The summed E-state index contributed by atoms with van der Waals surface area (Å²) in [6.45, 7) is 1.86. The maximum absolute atomic E-state index is 12.7. The highest BCUT2D eigenvalue weighted by Crippen LogP contribution is 2.53. The minimum atomic E-state index is -0.133. The third-order valence-electron chi connectivity index (χ3n) is 6.66. The fourth-order valence-electron chi connectivity index (χ4n) is 5.77. The lowest BCUT2D eigenvalue weighted by molar-refractivity contribution is -0.00883. The van der Waals surface area contributed by atoms with Crippen molar-refractivity contribution in [3.05, 3.63) is 36.0 Å². The lowest BCUT2D eigenvalue weighted by Gasteiger charge is -2.54. The van der Waals surface area contributed by atoms with E-state index in [0.29, 0.717) is 35.0 Å². The van der Waals surface area contributed by atoms with Gasteiger partial charge in [-0.15, -0.1) is 0 Å². The Morgan fingerprint density at radius 1 is 1.04 bits per heavy atom. The first-order valence-corrected chi connectivity index (χ1v) is 9.76. The zero-order chi connectivity index (χ0) is 17.7. The van der Waals surface area contributed by atoms with E-state index in [9.17, 15) is 4.79 Å². The molecule has 4 aliphatic carbocycles. The molecule has 0 spiro atoms. The number of nitrogens with one attached hydrogen (secondary N) is 2. The van der Waals surface area contributed by atoms with Crippen LogP contribution in [0.5, 0.6) is 0 Å². The van der Waals surface area contributed by atoms with Gasteiger partial charge in [0.1, 0.15) is 11.4 Å². The van der Waals surface area contributed by atoms with Crippen LogP contribution in [0.4, 0.5) is 10.5 Å². The molecule has 4 fully saturated rings. The standard InChI is InChI=1S/C21H25N3O2/c1-12-18(20(26-24-12)15-5-3-2-4-6-15)22-21(25)23-19-16-8-13-7-14(10-16)11-17(19)9-13/h2-6,13-14,16-17,19H,7-11H2,1H3,(H2,22,23,25). The molecule has 26 heavy (non-hydrogen) atoms. The van der Waals surface area contributed by atoms with Gasteiger partial charge >= 0.3 is 6.03 Å². The number of rotatable bonds is 3. The van der Waals surface area contributed by atoms with Gasteiger partial charge in [-0.1, -0.05) is 35.5 Å². The smallest absolute Gasteiger partial charge is 0.319 e. The Hall–Kier alpha value is -2.30. The van der Waals surface area contributed by atoms with Crippen molar-refractivity contribution in [1.29, 1.82) is 0 Å². The van der Waals surface area contributed by atoms with E-state index in [0.717, 1.165) is 17.4 Å². The minimum Gasteiger partial charge on any atom is -0.354 e. The molecular weight excluding hydrogens is 326 g/mol. The normalized spacial score (nSPS) is 31.8. The molecule has 0 radical (unpaired) electrons. The summed E-state index contributed by atoms with van der Waals surface area (Å²) in [6, 6.07) is 9.96. The molecule has 1 heterocycles. The van der Waals surface area contributed by atoms with Gasteiger partial charge in [-0.05, 0) is 62.7 Å². The summed E-state index contributed by atoms with van der Waals surface area (Å²) >= 11 is 0. The van der Waals surface area contributed by atoms with Crippen LogP contribution >= 0.6 is 0 Å². The van der Waals surface area contributed by atoms with E-state index >= 15 is 0 Å². The Balaban J connectivity index is 1.32. The second-order valence-corrected chi connectivity index (χ2v) is 8.39. The number of aryl methyl sites for hydroxylation is 1. The van der Waals surface area contributed by atoms with Crippen molar-refractivity contribution in [1.82, 2.24) is 10.5 Å². The Bertz CT molecular complexity index is 786. The van der Waals surface area contributed by atoms with E-state index < -0.39 is 0 Å². The molecule has 1 aromatic carbocycles. The van der Waals surface area contributed by atoms with E-state index in [2.05, 4.69) is 15.8 Å². The van der Waals surface area contributed by atoms with Crippen molar-refractivity contribution in [2.24, 2.45) is 23.7 Å². The quantitative estimate of drug-likeness (QED) is 0.849. The summed E-state index contributed by atoms with van der Waals surface area (Å²) in [4.78, 5) is 12.7. The van der Waals surface area contributed by atoms with Crippen LogP contribution in [-0.2, 0) is 0 Å². The molecule has 0 saturated heterocycles. The SMILES string of the molecule is Cc1noc(-c2ccccc2)c1NC(=O)NC1C2CC3CC(C2)CC1C3. The van der Waals surface area contributed by atoms with E-state index in [-0.39, 0.29) is 6.03 Å². The summed E-state index contributed by atoms with van der Waals surface area (Å²) in [6.07, 6.45) is 6.59. The average molecular weight is 351 g/mol. The van der Waals surface area contributed by atoms with Gasteiger partial charge in [0.05, 0.1) is 0 Å². The van der Waals surface area contributed by atoms with Crippen molar-refractivity contribution in [2.45, 2.75) is 45.1 Å². The lowest BCUT2D eigenvalue weighted by atomic mass is 9.54. The summed E-state index contributed by atoms with van der Waals surface area (Å²) < 4.78 is 5.47. The zero-order valence-corrected chi connectivity index (χ0v) is 15.1. The maximum Gasteiger partial charge on any atom is 0.319 e. The van der Waals surface area contributed by atoms with Gasteiger partial charge in [0, 0.05) is 11.6 Å². The first-order valence-electron chi connectivity index (χ1n) is 9.76. The lowest BCUT2D eigenvalue weighted by Crippen LogP contribution is -2.56. The molecule has 2 aromatic rings. The number of nitrogens with zero attached hydrogens (tertiary/aromatic N) is 1. The van der Waals surface area contributed by atoms with Gasteiger partial charge in [-0.3, -0.25) is 0 Å². The number of amides is 2. The molecular formula is C21H25N3O2. The van der Waals surface area contributed by atoms with Gasteiger partial charge in [0.25, 0.3) is 0 Å². The van der Waals surface area contributed by atoms with E-state index in [1.807, 2.05) is 37.3 Å². The van der Waals surface area contributed by atoms with Gasteiger partial charge in [-0.2, -0.15) is 0 Å². The molecule has 0 atom stereocenters. The zero-order valence-electron chi connectivity index (χ0n) is 15.1. The van der Waals surface area contributed by atoms with Crippen molar-refractivity contribution < 1.29 is 9.32 Å². The Morgan fingerprint density at radius 3 is 2.35 bits per heavy atom. The molecule has 6 rings (SSSR count). The molecule has 4 bridgehead atoms. The van der Waals surface area contributed by atoms with Crippen LogP contribution in [0.2, 0.25) is 0 Å². The third kappa shape index (κ3) is 2.70. The van der Waals surface area contributed by atoms with Gasteiger partial charge in [0.2, 0.25) is 0 Å². The fraction of sp³-hybridized carbons (Fsp3) is 0.524. The third-order valence-corrected chi connectivity index (χ3v) is 6.66. The maximum atomic E-state index is 12.7. The number of urea groups is 1. The monoisotopic (exact) mass is 351 g/mol. The minimum absolute atomic E-state index is 0.133. The van der Waals surface area contributed by atoms with Crippen LogP contribution in [0.1, 0.15) is 37.8 Å². The molecule has 5 nitrogen and oxygen atoms in total. The molecule has 136 valence electrons. The fourth-order valence-corrected chi connectivity index (χ4v) is 5.77. The van der Waals surface area contributed by atoms with E-state index in [4.69, 9.17) is 4.52 Å². The summed E-state index contributed by atoms with van der Waals surface area (Å²) in [5.74, 6) is 3.75. The van der Waals surface area contributed by atoms with Crippen LogP contribution in [0.3, 0.4) is 0 Å². The molecule has 1 aromatic heterocycles. The second-order valence-electron chi connectivity index (χ2n) is 8.39. The summed E-state index contributed by atoms with van der Waals surface area (Å²) in [5.41, 5.74) is 2.28. The molecule has 2 amide bonds. The predicted octanol–water partition coefficient (Wildman–Crippen LogP) is 4.60.